The van der Waals surface area contributed by atoms with Crippen LogP contribution in [0.1, 0.15) is 5.56 Å². The maximum atomic E-state index is 11.6. The Balaban J connectivity index is 2.70. The molecule has 0 atom stereocenters. The molecule has 1 heterocycles. The summed E-state index contributed by atoms with van der Waals surface area (Å²) in [6.45, 7) is 1.81. The van der Waals surface area contributed by atoms with E-state index in [9.17, 15) is 9.59 Å². The molecule has 0 bridgehead atoms. The number of ether oxygens (including phenoxy) is 1. The molecule has 0 fully saturated rings. The number of primary amides is 1. The summed E-state index contributed by atoms with van der Waals surface area (Å²) in [5.74, 6) is 0. The SMILES string of the molecule is Cc1cccc2c(=O)[nH]c(OC(N)=O)nc12. The second-order valence-electron chi connectivity index (χ2n) is 3.26. The second kappa shape index (κ2) is 3.65. The zero-order valence-electron chi connectivity index (χ0n) is 8.48. The molecular weight excluding hydrogens is 210 g/mol. The van der Waals surface area contributed by atoms with Crippen molar-refractivity contribution < 1.29 is 9.53 Å². The zero-order chi connectivity index (χ0) is 11.7. The van der Waals surface area contributed by atoms with Crippen LogP contribution in [-0.4, -0.2) is 16.1 Å². The third-order valence-corrected chi connectivity index (χ3v) is 2.11. The van der Waals surface area contributed by atoms with Gasteiger partial charge in [0.2, 0.25) is 0 Å². The number of para-hydroxylation sites is 1. The van der Waals surface area contributed by atoms with Crippen molar-refractivity contribution in [2.75, 3.05) is 0 Å². The molecule has 0 radical (unpaired) electrons. The average molecular weight is 219 g/mol. The van der Waals surface area contributed by atoms with Crippen LogP contribution in [0.25, 0.3) is 10.9 Å². The average Bonchev–Trinajstić information content (AvgIpc) is 2.19. The Kier molecular flexibility index (Phi) is 2.32. The smallest absolute Gasteiger partial charge is 0.376 e. The van der Waals surface area contributed by atoms with Gasteiger partial charge in [-0.05, 0) is 18.6 Å². The van der Waals surface area contributed by atoms with Crippen molar-refractivity contribution in [3.63, 3.8) is 0 Å². The molecule has 3 N–H and O–H groups in total. The Bertz CT molecular complexity index is 618. The molecule has 1 aromatic heterocycles. The van der Waals surface area contributed by atoms with Crippen molar-refractivity contribution >= 4 is 17.0 Å². The molecule has 0 aliphatic heterocycles. The van der Waals surface area contributed by atoms with E-state index in [-0.39, 0.29) is 11.6 Å². The summed E-state index contributed by atoms with van der Waals surface area (Å²) in [5.41, 5.74) is 5.77. The first kappa shape index (κ1) is 10.2. The molecular formula is C10H9N3O3. The number of nitrogens with two attached hydrogens (primary N) is 1. The Labute approximate surface area is 90.1 Å². The highest BCUT2D eigenvalue weighted by Gasteiger charge is 2.07. The van der Waals surface area contributed by atoms with Crippen molar-refractivity contribution in [2.45, 2.75) is 6.92 Å². The van der Waals surface area contributed by atoms with Crippen molar-refractivity contribution in [3.05, 3.63) is 34.1 Å². The molecule has 0 aliphatic carbocycles. The summed E-state index contributed by atoms with van der Waals surface area (Å²) in [6, 6.07) is 5.01. The fraction of sp³-hybridized carbons (Fsp3) is 0.100. The van der Waals surface area contributed by atoms with Crippen LogP contribution in [0.2, 0.25) is 0 Å². The first-order chi connectivity index (χ1) is 7.58. The van der Waals surface area contributed by atoms with Crippen LogP contribution >= 0.6 is 0 Å². The van der Waals surface area contributed by atoms with Gasteiger partial charge in [-0.15, -0.1) is 0 Å². The predicted octanol–water partition coefficient (Wildman–Crippen LogP) is 0.689. The molecule has 0 saturated heterocycles. The van der Waals surface area contributed by atoms with E-state index in [0.29, 0.717) is 10.9 Å². The number of aromatic amines is 1. The maximum absolute atomic E-state index is 11.6. The van der Waals surface area contributed by atoms with Crippen molar-refractivity contribution in [1.82, 2.24) is 9.97 Å². The van der Waals surface area contributed by atoms with Gasteiger partial charge in [0.25, 0.3) is 5.56 Å². The number of amides is 1. The number of hydrogen-bond acceptors (Lipinski definition) is 4. The van der Waals surface area contributed by atoms with Gasteiger partial charge in [0.05, 0.1) is 10.9 Å². The highest BCUT2D eigenvalue weighted by Crippen LogP contribution is 2.13. The van der Waals surface area contributed by atoms with E-state index in [1.165, 1.54) is 0 Å². The minimum absolute atomic E-state index is 0.195. The quantitative estimate of drug-likeness (QED) is 0.737. The monoisotopic (exact) mass is 219 g/mol. The lowest BCUT2D eigenvalue weighted by Gasteiger charge is -2.03. The number of H-pyrrole nitrogens is 1. The van der Waals surface area contributed by atoms with Gasteiger partial charge in [0.15, 0.2) is 0 Å². The molecule has 2 rings (SSSR count). The minimum atomic E-state index is -1.02. The first-order valence-electron chi connectivity index (χ1n) is 4.55. The zero-order valence-corrected chi connectivity index (χ0v) is 8.48. The summed E-state index contributed by atoms with van der Waals surface area (Å²) < 4.78 is 4.53. The van der Waals surface area contributed by atoms with E-state index in [1.54, 1.807) is 12.1 Å². The van der Waals surface area contributed by atoms with Crippen molar-refractivity contribution in [2.24, 2.45) is 5.73 Å². The Morgan fingerprint density at radius 3 is 2.94 bits per heavy atom. The molecule has 82 valence electrons. The van der Waals surface area contributed by atoms with Crippen LogP contribution in [0.3, 0.4) is 0 Å². The number of aryl methyl sites for hydroxylation is 1. The summed E-state index contributed by atoms with van der Waals surface area (Å²) in [6.07, 6.45) is -1.02. The van der Waals surface area contributed by atoms with Crippen LogP contribution < -0.4 is 16.0 Å². The lowest BCUT2D eigenvalue weighted by molar-refractivity contribution is 0.207. The summed E-state index contributed by atoms with van der Waals surface area (Å²) >= 11 is 0. The summed E-state index contributed by atoms with van der Waals surface area (Å²) in [5, 5.41) is 0.442. The molecule has 1 amide bonds. The highest BCUT2D eigenvalue weighted by atomic mass is 16.6. The minimum Gasteiger partial charge on any atom is -0.376 e. The number of aromatic nitrogens is 2. The van der Waals surface area contributed by atoms with Crippen LogP contribution in [0.5, 0.6) is 6.01 Å². The fourth-order valence-electron chi connectivity index (χ4n) is 1.43. The summed E-state index contributed by atoms with van der Waals surface area (Å²) in [7, 11) is 0. The third-order valence-electron chi connectivity index (χ3n) is 2.11. The van der Waals surface area contributed by atoms with E-state index in [0.717, 1.165) is 5.56 Å². The van der Waals surface area contributed by atoms with Gasteiger partial charge in [0, 0.05) is 0 Å². The molecule has 0 unspecified atom stereocenters. The van der Waals surface area contributed by atoms with Gasteiger partial charge in [-0.1, -0.05) is 12.1 Å². The van der Waals surface area contributed by atoms with Crippen LogP contribution in [0, 0.1) is 6.92 Å². The molecule has 0 spiro atoms. The molecule has 2 aromatic rings. The second-order valence-corrected chi connectivity index (χ2v) is 3.26. The van der Waals surface area contributed by atoms with Gasteiger partial charge in [-0.25, -0.2) is 4.79 Å². The van der Waals surface area contributed by atoms with E-state index in [4.69, 9.17) is 5.73 Å². The lowest BCUT2D eigenvalue weighted by atomic mass is 10.1. The highest BCUT2D eigenvalue weighted by molar-refractivity contribution is 5.81. The number of rotatable bonds is 1. The van der Waals surface area contributed by atoms with Gasteiger partial charge in [-0.2, -0.15) is 4.98 Å². The van der Waals surface area contributed by atoms with Gasteiger partial charge < -0.3 is 10.5 Å². The van der Waals surface area contributed by atoms with E-state index >= 15 is 0 Å². The molecule has 16 heavy (non-hydrogen) atoms. The van der Waals surface area contributed by atoms with Gasteiger partial charge in [0.1, 0.15) is 0 Å². The fourth-order valence-corrected chi connectivity index (χ4v) is 1.43. The molecule has 0 saturated carbocycles. The number of nitrogens with one attached hydrogen (secondary N) is 1. The summed E-state index contributed by atoms with van der Waals surface area (Å²) in [4.78, 5) is 28.5. The van der Waals surface area contributed by atoms with Crippen LogP contribution in [-0.2, 0) is 0 Å². The number of nitrogens with zero attached hydrogens (tertiary/aromatic N) is 1. The number of fused-ring (bicyclic) bond motifs is 1. The predicted molar refractivity (Wildman–Crippen MR) is 57.3 cm³/mol. The first-order valence-corrected chi connectivity index (χ1v) is 4.55. The van der Waals surface area contributed by atoms with E-state index in [1.807, 2.05) is 13.0 Å². The maximum Gasteiger partial charge on any atom is 0.412 e. The van der Waals surface area contributed by atoms with Crippen molar-refractivity contribution in [3.8, 4) is 6.01 Å². The number of carbonyl (C=O) groups is 1. The number of benzene rings is 1. The topological polar surface area (TPSA) is 98.1 Å². The number of carbonyl (C=O) groups excluding carboxylic acids is 1. The van der Waals surface area contributed by atoms with Gasteiger partial charge >= 0.3 is 12.1 Å². The molecule has 0 aliphatic rings. The van der Waals surface area contributed by atoms with Crippen LogP contribution in [0.15, 0.2) is 23.0 Å². The molecule has 6 nitrogen and oxygen atoms in total. The van der Waals surface area contributed by atoms with E-state index in [2.05, 4.69) is 14.7 Å². The number of hydrogen-bond donors (Lipinski definition) is 2. The lowest BCUT2D eigenvalue weighted by Crippen LogP contribution is -2.20. The Morgan fingerprint density at radius 1 is 1.50 bits per heavy atom. The van der Waals surface area contributed by atoms with Crippen LogP contribution in [0.4, 0.5) is 4.79 Å². The van der Waals surface area contributed by atoms with Crippen molar-refractivity contribution in [1.29, 1.82) is 0 Å². The third kappa shape index (κ3) is 1.72. The Morgan fingerprint density at radius 2 is 2.25 bits per heavy atom. The molecule has 6 heteroatoms. The van der Waals surface area contributed by atoms with Gasteiger partial charge in [-0.3, -0.25) is 9.78 Å². The standard InChI is InChI=1S/C10H9N3O3/c1-5-3-2-4-6-7(5)12-10(13-8(6)14)16-9(11)15/h2-4H,1H3,(H2,11,15)(H,12,13,14). The normalized spacial score (nSPS) is 10.3. The Hall–Kier alpha value is -2.37. The van der Waals surface area contributed by atoms with E-state index < -0.39 is 6.09 Å². The molecule has 1 aromatic carbocycles. The largest absolute Gasteiger partial charge is 0.412 e.